The molecular weight excluding hydrogens is 288 g/mol. The lowest BCUT2D eigenvalue weighted by atomic mass is 9.82. The maximum Gasteiger partial charge on any atom is 0.255 e. The summed E-state index contributed by atoms with van der Waals surface area (Å²) in [7, 11) is -3.90. The lowest BCUT2D eigenvalue weighted by molar-refractivity contribution is 0.0626. The maximum atomic E-state index is 12.6. The zero-order chi connectivity index (χ0) is 15.8. The number of hydrogen-bond acceptors (Lipinski definition) is 3. The number of likely N-dealkylation sites (tertiary alicyclic amines) is 1. The van der Waals surface area contributed by atoms with E-state index in [2.05, 4.69) is 13.8 Å². The van der Waals surface area contributed by atoms with E-state index in [0.29, 0.717) is 13.1 Å². The van der Waals surface area contributed by atoms with Crippen LogP contribution in [-0.2, 0) is 10.0 Å². The van der Waals surface area contributed by atoms with Gasteiger partial charge in [-0.25, -0.2) is 13.6 Å². The Labute approximate surface area is 126 Å². The molecule has 116 valence electrons. The van der Waals surface area contributed by atoms with Crippen molar-refractivity contribution in [2.45, 2.75) is 38.5 Å². The smallest absolute Gasteiger partial charge is 0.255 e. The largest absolute Gasteiger partial charge is 0.339 e. The summed E-state index contributed by atoms with van der Waals surface area (Å²) in [4.78, 5) is 14.3. The van der Waals surface area contributed by atoms with Gasteiger partial charge in [-0.3, -0.25) is 4.79 Å². The molecule has 6 heteroatoms. The first-order valence-electron chi connectivity index (χ1n) is 7.03. The third-order valence-electron chi connectivity index (χ3n) is 4.08. The number of aryl methyl sites for hydroxylation is 1. The van der Waals surface area contributed by atoms with Gasteiger partial charge in [0.1, 0.15) is 0 Å². The number of carbonyl (C=O) groups excluding carboxylic acids is 1. The van der Waals surface area contributed by atoms with Gasteiger partial charge in [-0.15, -0.1) is 0 Å². The first-order chi connectivity index (χ1) is 9.60. The molecule has 5 nitrogen and oxygen atoms in total. The van der Waals surface area contributed by atoms with Crippen LogP contribution in [0.25, 0.3) is 0 Å². The fourth-order valence-corrected chi connectivity index (χ4v) is 3.26. The third-order valence-corrected chi connectivity index (χ3v) is 5.05. The molecule has 2 N–H and O–H groups in total. The summed E-state index contributed by atoms with van der Waals surface area (Å²) >= 11 is 0. The Morgan fingerprint density at radius 2 is 1.81 bits per heavy atom. The summed E-state index contributed by atoms with van der Waals surface area (Å²) < 4.78 is 23.3. The minimum Gasteiger partial charge on any atom is -0.339 e. The maximum absolute atomic E-state index is 12.6. The van der Waals surface area contributed by atoms with Crippen LogP contribution >= 0.6 is 0 Å². The SMILES string of the molecule is Cc1ccc(S(N)(=O)=O)c(C(=O)N2CCC(C)(C)CC2)c1. The van der Waals surface area contributed by atoms with Gasteiger partial charge in [0.05, 0.1) is 10.5 Å². The van der Waals surface area contributed by atoms with E-state index in [1.807, 2.05) is 6.92 Å². The number of benzene rings is 1. The second-order valence-electron chi connectivity index (χ2n) is 6.50. The molecular formula is C15H22N2O3S. The van der Waals surface area contributed by atoms with Crippen molar-refractivity contribution in [3.05, 3.63) is 29.3 Å². The van der Waals surface area contributed by atoms with E-state index in [-0.39, 0.29) is 21.8 Å². The summed E-state index contributed by atoms with van der Waals surface area (Å²) in [5, 5.41) is 5.22. The molecule has 2 rings (SSSR count). The molecule has 0 spiro atoms. The van der Waals surface area contributed by atoms with Gasteiger partial charge in [-0.05, 0) is 37.3 Å². The summed E-state index contributed by atoms with van der Waals surface area (Å²) in [6.45, 7) is 7.46. The van der Waals surface area contributed by atoms with E-state index in [1.54, 1.807) is 17.0 Å². The van der Waals surface area contributed by atoms with E-state index < -0.39 is 10.0 Å². The van der Waals surface area contributed by atoms with Crippen LogP contribution in [0.15, 0.2) is 23.1 Å². The first-order valence-corrected chi connectivity index (χ1v) is 8.57. The molecule has 21 heavy (non-hydrogen) atoms. The highest BCUT2D eigenvalue weighted by atomic mass is 32.2. The molecule has 0 aliphatic carbocycles. The summed E-state index contributed by atoms with van der Waals surface area (Å²) in [6.07, 6.45) is 1.82. The highest BCUT2D eigenvalue weighted by Gasteiger charge is 2.30. The van der Waals surface area contributed by atoms with Gasteiger partial charge in [0.15, 0.2) is 0 Å². The number of amides is 1. The van der Waals surface area contributed by atoms with Crippen LogP contribution < -0.4 is 5.14 Å². The first kappa shape index (κ1) is 16.0. The molecule has 0 atom stereocenters. The lowest BCUT2D eigenvalue weighted by Crippen LogP contribution is -2.41. The van der Waals surface area contributed by atoms with Gasteiger partial charge < -0.3 is 4.90 Å². The predicted molar refractivity (Wildman–Crippen MR) is 81.5 cm³/mol. The minimum atomic E-state index is -3.90. The molecule has 0 bridgehead atoms. The summed E-state index contributed by atoms with van der Waals surface area (Å²) in [5.41, 5.74) is 1.24. The summed E-state index contributed by atoms with van der Waals surface area (Å²) in [5.74, 6) is -0.252. The van der Waals surface area contributed by atoms with Crippen LogP contribution in [0.2, 0.25) is 0 Å². The van der Waals surface area contributed by atoms with Crippen LogP contribution in [0, 0.1) is 12.3 Å². The van der Waals surface area contributed by atoms with E-state index in [4.69, 9.17) is 5.14 Å². The van der Waals surface area contributed by atoms with E-state index in [1.165, 1.54) is 6.07 Å². The van der Waals surface area contributed by atoms with Gasteiger partial charge in [-0.2, -0.15) is 0 Å². The predicted octanol–water partition coefficient (Wildman–Crippen LogP) is 1.90. The second kappa shape index (κ2) is 5.42. The number of rotatable bonds is 2. The van der Waals surface area contributed by atoms with Gasteiger partial charge in [-0.1, -0.05) is 25.5 Å². The molecule has 1 aromatic rings. The summed E-state index contributed by atoms with van der Waals surface area (Å²) in [6, 6.07) is 4.66. The zero-order valence-electron chi connectivity index (χ0n) is 12.7. The number of primary sulfonamides is 1. The third kappa shape index (κ3) is 3.63. The second-order valence-corrected chi connectivity index (χ2v) is 8.03. The Bertz CT molecular complexity index is 655. The molecule has 1 heterocycles. The topological polar surface area (TPSA) is 80.5 Å². The van der Waals surface area contributed by atoms with Crippen LogP contribution in [0.4, 0.5) is 0 Å². The Balaban J connectivity index is 2.34. The van der Waals surface area contributed by atoms with Crippen LogP contribution in [0.1, 0.15) is 42.6 Å². The number of hydrogen-bond donors (Lipinski definition) is 1. The molecule has 0 aromatic heterocycles. The van der Waals surface area contributed by atoms with Crippen molar-refractivity contribution >= 4 is 15.9 Å². The molecule has 0 unspecified atom stereocenters. The fourth-order valence-electron chi connectivity index (χ4n) is 2.54. The fraction of sp³-hybridized carbons (Fsp3) is 0.533. The van der Waals surface area contributed by atoms with Crippen molar-refractivity contribution in [1.82, 2.24) is 4.90 Å². The average molecular weight is 310 g/mol. The number of sulfonamides is 1. The minimum absolute atomic E-state index is 0.0945. The number of nitrogens with two attached hydrogens (primary N) is 1. The van der Waals surface area contributed by atoms with E-state index >= 15 is 0 Å². The highest BCUT2D eigenvalue weighted by molar-refractivity contribution is 7.89. The number of piperidine rings is 1. The molecule has 1 saturated heterocycles. The number of nitrogens with zero attached hydrogens (tertiary/aromatic N) is 1. The normalized spacial score (nSPS) is 18.6. The molecule has 1 fully saturated rings. The molecule has 0 radical (unpaired) electrons. The molecule has 1 aliphatic heterocycles. The average Bonchev–Trinajstić information content (AvgIpc) is 2.36. The Morgan fingerprint density at radius 3 is 2.33 bits per heavy atom. The van der Waals surface area contributed by atoms with Crippen molar-refractivity contribution in [3.63, 3.8) is 0 Å². The Kier molecular flexibility index (Phi) is 4.13. The molecule has 1 aromatic carbocycles. The lowest BCUT2D eigenvalue weighted by Gasteiger charge is -2.37. The van der Waals surface area contributed by atoms with Crippen LogP contribution in [-0.4, -0.2) is 32.3 Å². The van der Waals surface area contributed by atoms with E-state index in [0.717, 1.165) is 18.4 Å². The Morgan fingerprint density at radius 1 is 1.24 bits per heavy atom. The van der Waals surface area contributed by atoms with Crippen LogP contribution in [0.5, 0.6) is 0 Å². The van der Waals surface area contributed by atoms with Gasteiger partial charge in [0, 0.05) is 13.1 Å². The van der Waals surface area contributed by atoms with Gasteiger partial charge in [0.2, 0.25) is 10.0 Å². The van der Waals surface area contributed by atoms with Gasteiger partial charge in [0.25, 0.3) is 5.91 Å². The Hall–Kier alpha value is -1.40. The van der Waals surface area contributed by atoms with Crippen molar-refractivity contribution in [2.24, 2.45) is 10.6 Å². The molecule has 1 aliphatic rings. The van der Waals surface area contributed by atoms with Crippen molar-refractivity contribution < 1.29 is 13.2 Å². The zero-order valence-corrected chi connectivity index (χ0v) is 13.5. The van der Waals surface area contributed by atoms with Crippen molar-refractivity contribution in [2.75, 3.05) is 13.1 Å². The van der Waals surface area contributed by atoms with E-state index in [9.17, 15) is 13.2 Å². The van der Waals surface area contributed by atoms with Crippen molar-refractivity contribution in [1.29, 1.82) is 0 Å². The molecule has 1 amide bonds. The monoisotopic (exact) mass is 310 g/mol. The quantitative estimate of drug-likeness (QED) is 0.906. The van der Waals surface area contributed by atoms with Crippen LogP contribution in [0.3, 0.4) is 0 Å². The number of carbonyl (C=O) groups is 1. The van der Waals surface area contributed by atoms with Gasteiger partial charge >= 0.3 is 0 Å². The highest BCUT2D eigenvalue weighted by Crippen LogP contribution is 2.31. The standard InChI is InChI=1S/C15H22N2O3S/c1-11-4-5-13(21(16,19)20)12(10-11)14(18)17-8-6-15(2,3)7-9-17/h4-5,10H,6-9H2,1-3H3,(H2,16,19,20). The molecule has 0 saturated carbocycles. The van der Waals surface area contributed by atoms with Crippen molar-refractivity contribution in [3.8, 4) is 0 Å².